The topological polar surface area (TPSA) is 103 Å². The van der Waals surface area contributed by atoms with Gasteiger partial charge in [0.25, 0.3) is 17.1 Å². The third-order valence-electron chi connectivity index (χ3n) is 4.93. The molecule has 1 saturated heterocycles. The van der Waals surface area contributed by atoms with Crippen LogP contribution in [-0.4, -0.2) is 34.5 Å². The Bertz CT molecular complexity index is 1130. The Kier molecular flexibility index (Phi) is 4.79. The van der Waals surface area contributed by atoms with E-state index in [9.17, 15) is 9.59 Å². The van der Waals surface area contributed by atoms with Crippen LogP contribution in [0.4, 0.5) is 5.82 Å². The van der Waals surface area contributed by atoms with Crippen molar-refractivity contribution in [2.24, 2.45) is 0 Å². The molecule has 4 rings (SSSR count). The summed E-state index contributed by atoms with van der Waals surface area (Å²) in [4.78, 5) is 30.3. The minimum absolute atomic E-state index is 0.0159. The maximum absolute atomic E-state index is 13.0. The van der Waals surface area contributed by atoms with Crippen LogP contribution in [-0.2, 0) is 11.3 Å². The van der Waals surface area contributed by atoms with Crippen molar-refractivity contribution in [2.45, 2.75) is 25.5 Å². The minimum Gasteiger partial charge on any atom is -0.376 e. The van der Waals surface area contributed by atoms with Crippen LogP contribution < -0.4 is 21.2 Å². The lowest BCUT2D eigenvalue weighted by Crippen LogP contribution is -2.42. The zero-order valence-electron chi connectivity index (χ0n) is 15.4. The van der Waals surface area contributed by atoms with Crippen molar-refractivity contribution in [1.29, 1.82) is 0 Å². The second-order valence-corrected chi connectivity index (χ2v) is 6.77. The summed E-state index contributed by atoms with van der Waals surface area (Å²) in [5.41, 5.74) is 7.20. The van der Waals surface area contributed by atoms with Crippen LogP contribution in [0.2, 0.25) is 0 Å². The highest BCUT2D eigenvalue weighted by Crippen LogP contribution is 2.15. The molecule has 0 radical (unpaired) electrons. The number of anilines is 1. The van der Waals surface area contributed by atoms with Gasteiger partial charge in [-0.15, -0.1) is 0 Å². The Morgan fingerprint density at radius 2 is 2.36 bits per heavy atom. The third-order valence-corrected chi connectivity index (χ3v) is 4.93. The fourth-order valence-corrected chi connectivity index (χ4v) is 3.50. The molecule has 4 heterocycles. The van der Waals surface area contributed by atoms with E-state index in [1.807, 2.05) is 6.07 Å². The molecule has 0 aromatic carbocycles. The summed E-state index contributed by atoms with van der Waals surface area (Å²) in [5, 5.41) is 3.18. The van der Waals surface area contributed by atoms with Crippen LogP contribution in [0, 0.1) is 0 Å². The van der Waals surface area contributed by atoms with Gasteiger partial charge < -0.3 is 15.8 Å². The summed E-state index contributed by atoms with van der Waals surface area (Å²) >= 11 is 0. The van der Waals surface area contributed by atoms with Crippen LogP contribution in [0.25, 0.3) is 16.7 Å². The number of fused-ring (bicyclic) bond motifs is 2. The molecule has 1 aliphatic heterocycles. The van der Waals surface area contributed by atoms with E-state index in [4.69, 9.17) is 10.5 Å². The maximum Gasteiger partial charge on any atom is 0.278 e. The lowest BCUT2D eigenvalue weighted by atomic mass is 10.1. The summed E-state index contributed by atoms with van der Waals surface area (Å²) in [6.07, 6.45) is 5.23. The molecule has 0 bridgehead atoms. The molecule has 1 fully saturated rings. The lowest BCUT2D eigenvalue weighted by Gasteiger charge is -2.13. The first-order chi connectivity index (χ1) is 13.6. The average Bonchev–Trinajstić information content (AvgIpc) is 3.22. The van der Waals surface area contributed by atoms with Gasteiger partial charge in [-0.3, -0.25) is 14.0 Å². The number of hydrogen-bond donors (Lipinski definition) is 2. The fraction of sp³-hybridized carbons (Fsp3) is 0.300. The Balaban J connectivity index is 1.84. The molecular formula is C20H22N5O3+. The number of ether oxygens (including phenoxy) is 1. The van der Waals surface area contributed by atoms with Crippen molar-refractivity contribution in [3.8, 4) is 0 Å². The van der Waals surface area contributed by atoms with Crippen LogP contribution >= 0.6 is 0 Å². The molecule has 3 N–H and O–H groups in total. The number of nitrogens with one attached hydrogen (secondary N) is 1. The van der Waals surface area contributed by atoms with Crippen LogP contribution in [0.15, 0.2) is 47.9 Å². The van der Waals surface area contributed by atoms with Crippen molar-refractivity contribution in [2.75, 3.05) is 18.9 Å². The number of allylic oxidation sites excluding steroid dienone is 1. The quantitative estimate of drug-likeness (QED) is 0.387. The Hall–Kier alpha value is -3.26. The van der Waals surface area contributed by atoms with Crippen molar-refractivity contribution in [1.82, 2.24) is 14.7 Å². The average molecular weight is 380 g/mol. The largest absolute Gasteiger partial charge is 0.376 e. The zero-order valence-corrected chi connectivity index (χ0v) is 15.4. The van der Waals surface area contributed by atoms with Gasteiger partial charge in [-0.25, -0.2) is 4.57 Å². The molecule has 8 nitrogen and oxygen atoms in total. The number of nitrogen functional groups attached to an aromatic ring is 1. The lowest BCUT2D eigenvalue weighted by molar-refractivity contribution is -0.648. The minimum atomic E-state index is -0.342. The summed E-state index contributed by atoms with van der Waals surface area (Å²) in [7, 11) is 0. The number of carbonyl (C=O) groups is 1. The number of pyridine rings is 2. The van der Waals surface area contributed by atoms with Crippen molar-refractivity contribution in [3.05, 3.63) is 59.0 Å². The van der Waals surface area contributed by atoms with E-state index in [2.05, 4.69) is 16.9 Å². The van der Waals surface area contributed by atoms with Gasteiger partial charge in [0.05, 0.1) is 12.6 Å². The van der Waals surface area contributed by atoms with Crippen molar-refractivity contribution in [3.63, 3.8) is 0 Å². The van der Waals surface area contributed by atoms with Gasteiger partial charge in [0.15, 0.2) is 0 Å². The number of aromatic nitrogens is 3. The molecule has 1 amide bonds. The van der Waals surface area contributed by atoms with E-state index in [0.29, 0.717) is 36.4 Å². The summed E-state index contributed by atoms with van der Waals surface area (Å²) < 4.78 is 8.63. The smallest absolute Gasteiger partial charge is 0.278 e. The van der Waals surface area contributed by atoms with Gasteiger partial charge in [-0.2, -0.15) is 0 Å². The second kappa shape index (κ2) is 7.40. The van der Waals surface area contributed by atoms with Crippen molar-refractivity contribution < 1.29 is 14.1 Å². The first-order valence-corrected chi connectivity index (χ1v) is 9.24. The van der Waals surface area contributed by atoms with Crippen molar-refractivity contribution >= 4 is 28.4 Å². The first-order valence-electron chi connectivity index (χ1n) is 9.24. The molecule has 3 aromatic heterocycles. The molecule has 1 aliphatic rings. The maximum atomic E-state index is 13.0. The van der Waals surface area contributed by atoms with Gasteiger partial charge in [0.1, 0.15) is 10.9 Å². The van der Waals surface area contributed by atoms with Crippen LogP contribution in [0.5, 0.6) is 0 Å². The number of nitrogens with two attached hydrogens (primary N) is 1. The highest BCUT2D eigenvalue weighted by molar-refractivity contribution is 6.00. The van der Waals surface area contributed by atoms with Crippen LogP contribution in [0.3, 0.4) is 0 Å². The van der Waals surface area contributed by atoms with Gasteiger partial charge in [0, 0.05) is 19.3 Å². The van der Waals surface area contributed by atoms with Gasteiger partial charge >= 0.3 is 0 Å². The van der Waals surface area contributed by atoms with E-state index in [1.54, 1.807) is 29.0 Å². The number of nitrogens with zero attached hydrogens (tertiary/aromatic N) is 3. The number of carbonyl (C=O) groups excluding carboxylic acids is 1. The van der Waals surface area contributed by atoms with E-state index in [1.165, 1.54) is 10.5 Å². The molecule has 1 atom stereocenters. The molecule has 3 aromatic rings. The number of amides is 1. The summed E-state index contributed by atoms with van der Waals surface area (Å²) in [6.45, 7) is 5.20. The van der Waals surface area contributed by atoms with E-state index in [0.717, 1.165) is 12.8 Å². The fourth-order valence-electron chi connectivity index (χ4n) is 3.50. The predicted octanol–water partition coefficient (Wildman–Crippen LogP) is 0.812. The molecule has 144 valence electrons. The molecule has 28 heavy (non-hydrogen) atoms. The highest BCUT2D eigenvalue weighted by atomic mass is 16.5. The Morgan fingerprint density at radius 1 is 1.50 bits per heavy atom. The predicted molar refractivity (Wildman–Crippen MR) is 105 cm³/mol. The van der Waals surface area contributed by atoms with Gasteiger partial charge in [-0.05, 0) is 31.0 Å². The number of hydrogen-bond acceptors (Lipinski definition) is 5. The zero-order chi connectivity index (χ0) is 19.7. The Morgan fingerprint density at radius 3 is 3.11 bits per heavy atom. The summed E-state index contributed by atoms with van der Waals surface area (Å²) in [6, 6.07) is 6.83. The molecule has 0 spiro atoms. The van der Waals surface area contributed by atoms with Crippen LogP contribution in [0.1, 0.15) is 23.2 Å². The van der Waals surface area contributed by atoms with E-state index in [-0.39, 0.29) is 29.0 Å². The second-order valence-electron chi connectivity index (χ2n) is 6.77. The van der Waals surface area contributed by atoms with Gasteiger partial charge in [-0.1, -0.05) is 23.7 Å². The molecule has 8 heteroatoms. The highest BCUT2D eigenvalue weighted by Gasteiger charge is 2.24. The molecular weight excluding hydrogens is 358 g/mol. The first kappa shape index (κ1) is 18.1. The summed E-state index contributed by atoms with van der Waals surface area (Å²) in [5.74, 6) is -0.102. The molecule has 0 aliphatic carbocycles. The Labute approximate surface area is 161 Å². The monoisotopic (exact) mass is 380 g/mol. The molecule has 0 saturated carbocycles. The van der Waals surface area contributed by atoms with Gasteiger partial charge in [0.2, 0.25) is 11.5 Å². The van der Waals surface area contributed by atoms with E-state index < -0.39 is 0 Å². The normalized spacial score (nSPS) is 16.5. The SMILES string of the molecule is C=CC[n+]1c(N)c(C(=O)NC[C@H]2CCCO2)cc2c(=O)n3ccccc3nc21. The molecule has 0 unspecified atom stereocenters. The number of rotatable bonds is 5. The van der Waals surface area contributed by atoms with E-state index >= 15 is 0 Å². The third kappa shape index (κ3) is 3.11. The standard InChI is InChI=1S/C20H21N5O3/c1-2-8-25-17(21)14(19(26)22-12-13-6-5-10-28-13)11-15-18(25)23-16-7-3-4-9-24(16)20(15)27/h2-4,7,9,11,13,21H,1,5-6,8,10,12H2,(H,22,26)/p+1/t13-/m1/s1.